The van der Waals surface area contributed by atoms with Gasteiger partial charge in [-0.15, -0.1) is 0 Å². The first-order valence-corrected chi connectivity index (χ1v) is 6.45. The molecule has 1 aliphatic rings. The van der Waals surface area contributed by atoms with Crippen LogP contribution in [0.5, 0.6) is 0 Å². The van der Waals surface area contributed by atoms with Crippen LogP contribution in [0.15, 0.2) is 0 Å². The Hall–Kier alpha value is -0.570. The zero-order chi connectivity index (χ0) is 12.1. The standard InChI is InChI=1S/C13H24O3/c1-9(10(2)13(15)16)12(14)11-7-5-3-4-6-8-11/h9-12,14H,3-8H2,1-2H3,(H,15,16). The molecule has 1 fully saturated rings. The van der Waals surface area contributed by atoms with Crippen LogP contribution >= 0.6 is 0 Å². The summed E-state index contributed by atoms with van der Waals surface area (Å²) >= 11 is 0. The molecule has 0 aliphatic heterocycles. The van der Waals surface area contributed by atoms with E-state index >= 15 is 0 Å². The molecule has 0 aromatic rings. The molecule has 0 spiro atoms. The lowest BCUT2D eigenvalue weighted by Crippen LogP contribution is -2.34. The van der Waals surface area contributed by atoms with E-state index in [1.54, 1.807) is 6.92 Å². The summed E-state index contributed by atoms with van der Waals surface area (Å²) in [5.41, 5.74) is 0. The maximum absolute atomic E-state index is 10.9. The molecule has 3 unspecified atom stereocenters. The van der Waals surface area contributed by atoms with E-state index in [9.17, 15) is 9.90 Å². The Balaban J connectivity index is 2.53. The van der Waals surface area contributed by atoms with Crippen molar-refractivity contribution in [1.29, 1.82) is 0 Å². The fourth-order valence-corrected chi connectivity index (χ4v) is 2.60. The number of carbonyl (C=O) groups is 1. The molecule has 0 amide bonds. The lowest BCUT2D eigenvalue weighted by molar-refractivity contribution is -0.145. The van der Waals surface area contributed by atoms with Gasteiger partial charge in [0.2, 0.25) is 0 Å². The molecule has 94 valence electrons. The van der Waals surface area contributed by atoms with Crippen LogP contribution < -0.4 is 0 Å². The van der Waals surface area contributed by atoms with E-state index in [0.717, 1.165) is 12.8 Å². The van der Waals surface area contributed by atoms with Crippen molar-refractivity contribution in [2.24, 2.45) is 17.8 Å². The lowest BCUT2D eigenvalue weighted by Gasteiger charge is -2.29. The second-order valence-electron chi connectivity index (χ2n) is 5.23. The Kier molecular flexibility index (Phi) is 5.26. The van der Waals surface area contributed by atoms with Crippen molar-refractivity contribution in [3.05, 3.63) is 0 Å². The topological polar surface area (TPSA) is 57.5 Å². The highest BCUT2D eigenvalue weighted by atomic mass is 16.4. The van der Waals surface area contributed by atoms with E-state index in [1.807, 2.05) is 6.92 Å². The zero-order valence-electron chi connectivity index (χ0n) is 10.4. The molecule has 0 radical (unpaired) electrons. The largest absolute Gasteiger partial charge is 0.481 e. The lowest BCUT2D eigenvalue weighted by atomic mass is 9.81. The molecule has 16 heavy (non-hydrogen) atoms. The van der Waals surface area contributed by atoms with Crippen LogP contribution in [0.1, 0.15) is 52.4 Å². The number of carboxylic acids is 1. The summed E-state index contributed by atoms with van der Waals surface area (Å²) in [6, 6.07) is 0. The van der Waals surface area contributed by atoms with Crippen LogP contribution in [0.4, 0.5) is 0 Å². The second-order valence-corrected chi connectivity index (χ2v) is 5.23. The Bertz CT molecular complexity index is 219. The molecule has 0 saturated heterocycles. The minimum absolute atomic E-state index is 0.152. The number of aliphatic hydroxyl groups is 1. The third-order valence-electron chi connectivity index (χ3n) is 4.10. The molecule has 1 aliphatic carbocycles. The molecule has 0 bridgehead atoms. The highest BCUT2D eigenvalue weighted by Gasteiger charge is 2.31. The zero-order valence-corrected chi connectivity index (χ0v) is 10.4. The van der Waals surface area contributed by atoms with Gasteiger partial charge in [0.1, 0.15) is 0 Å². The Morgan fingerprint density at radius 1 is 1.12 bits per heavy atom. The summed E-state index contributed by atoms with van der Waals surface area (Å²) in [5.74, 6) is -1.11. The van der Waals surface area contributed by atoms with Crippen LogP contribution in [0.3, 0.4) is 0 Å². The predicted molar refractivity (Wildman–Crippen MR) is 63.2 cm³/mol. The minimum Gasteiger partial charge on any atom is -0.481 e. The molecule has 1 rings (SSSR count). The highest BCUT2D eigenvalue weighted by molar-refractivity contribution is 5.69. The van der Waals surface area contributed by atoms with Crippen molar-refractivity contribution in [2.75, 3.05) is 0 Å². The van der Waals surface area contributed by atoms with Gasteiger partial charge in [-0.25, -0.2) is 0 Å². The van der Waals surface area contributed by atoms with E-state index in [1.165, 1.54) is 25.7 Å². The maximum atomic E-state index is 10.9. The average molecular weight is 228 g/mol. The van der Waals surface area contributed by atoms with Gasteiger partial charge in [0.05, 0.1) is 12.0 Å². The maximum Gasteiger partial charge on any atom is 0.306 e. The van der Waals surface area contributed by atoms with Gasteiger partial charge < -0.3 is 10.2 Å². The SMILES string of the molecule is CC(C(=O)O)C(C)C(O)C1CCCCCC1. The van der Waals surface area contributed by atoms with Crippen molar-refractivity contribution < 1.29 is 15.0 Å². The summed E-state index contributed by atoms with van der Waals surface area (Å²) in [6.45, 7) is 3.54. The first-order chi connectivity index (χ1) is 7.54. The van der Waals surface area contributed by atoms with Crippen molar-refractivity contribution >= 4 is 5.97 Å². The fourth-order valence-electron chi connectivity index (χ4n) is 2.60. The minimum atomic E-state index is -0.805. The smallest absolute Gasteiger partial charge is 0.306 e. The van der Waals surface area contributed by atoms with Crippen LogP contribution in [0.2, 0.25) is 0 Å². The molecule has 0 aromatic heterocycles. The van der Waals surface area contributed by atoms with Gasteiger partial charge in [0, 0.05) is 0 Å². The molecule has 0 aromatic carbocycles. The number of rotatable bonds is 4. The summed E-state index contributed by atoms with van der Waals surface area (Å²) < 4.78 is 0. The molecule has 2 N–H and O–H groups in total. The molecule has 3 atom stereocenters. The fraction of sp³-hybridized carbons (Fsp3) is 0.923. The van der Waals surface area contributed by atoms with E-state index in [0.29, 0.717) is 5.92 Å². The van der Waals surface area contributed by atoms with Crippen molar-refractivity contribution in [2.45, 2.75) is 58.5 Å². The number of hydrogen-bond acceptors (Lipinski definition) is 2. The van der Waals surface area contributed by atoms with E-state index in [2.05, 4.69) is 0 Å². The normalized spacial score (nSPS) is 24.4. The number of aliphatic hydroxyl groups excluding tert-OH is 1. The number of carboxylic acid groups (broad SMARTS) is 1. The Labute approximate surface area is 97.9 Å². The first kappa shape index (κ1) is 13.5. The van der Waals surface area contributed by atoms with Crippen molar-refractivity contribution in [3.8, 4) is 0 Å². The Morgan fingerprint density at radius 2 is 1.62 bits per heavy atom. The summed E-state index contributed by atoms with van der Waals surface area (Å²) in [7, 11) is 0. The van der Waals surface area contributed by atoms with Gasteiger partial charge in [-0.05, 0) is 24.7 Å². The average Bonchev–Trinajstić information content (AvgIpc) is 2.54. The molecule has 3 heteroatoms. The van der Waals surface area contributed by atoms with Crippen LogP contribution in [-0.2, 0) is 4.79 Å². The Morgan fingerprint density at radius 3 is 2.06 bits per heavy atom. The van der Waals surface area contributed by atoms with E-state index < -0.39 is 18.0 Å². The van der Waals surface area contributed by atoms with Gasteiger partial charge in [-0.3, -0.25) is 4.79 Å². The van der Waals surface area contributed by atoms with Crippen LogP contribution in [-0.4, -0.2) is 22.3 Å². The van der Waals surface area contributed by atoms with Gasteiger partial charge in [-0.1, -0.05) is 39.5 Å². The van der Waals surface area contributed by atoms with Crippen LogP contribution in [0.25, 0.3) is 0 Å². The van der Waals surface area contributed by atoms with Gasteiger partial charge in [0.25, 0.3) is 0 Å². The molecular formula is C13H24O3. The quantitative estimate of drug-likeness (QED) is 0.727. The third-order valence-corrected chi connectivity index (χ3v) is 4.10. The van der Waals surface area contributed by atoms with E-state index in [-0.39, 0.29) is 5.92 Å². The predicted octanol–water partition coefficient (Wildman–Crippen LogP) is 2.67. The molecule has 1 saturated carbocycles. The summed E-state index contributed by atoms with van der Waals surface area (Å²) in [6.07, 6.45) is 6.52. The van der Waals surface area contributed by atoms with Crippen LogP contribution in [0, 0.1) is 17.8 Å². The number of hydrogen-bond donors (Lipinski definition) is 2. The second kappa shape index (κ2) is 6.24. The van der Waals surface area contributed by atoms with Gasteiger partial charge in [-0.2, -0.15) is 0 Å². The van der Waals surface area contributed by atoms with Crippen molar-refractivity contribution in [1.82, 2.24) is 0 Å². The molecule has 0 heterocycles. The molecular weight excluding hydrogens is 204 g/mol. The highest BCUT2D eigenvalue weighted by Crippen LogP contribution is 2.31. The number of aliphatic carboxylic acids is 1. The monoisotopic (exact) mass is 228 g/mol. The van der Waals surface area contributed by atoms with Crippen molar-refractivity contribution in [3.63, 3.8) is 0 Å². The first-order valence-electron chi connectivity index (χ1n) is 6.45. The summed E-state index contributed by atoms with van der Waals surface area (Å²) in [4.78, 5) is 10.9. The van der Waals surface area contributed by atoms with Gasteiger partial charge >= 0.3 is 5.97 Å². The van der Waals surface area contributed by atoms with Gasteiger partial charge in [0.15, 0.2) is 0 Å². The summed E-state index contributed by atoms with van der Waals surface area (Å²) in [5, 5.41) is 19.2. The molecule has 3 nitrogen and oxygen atoms in total. The third kappa shape index (κ3) is 3.48. The van der Waals surface area contributed by atoms with E-state index in [4.69, 9.17) is 5.11 Å².